The molecule has 0 bridgehead atoms. The van der Waals surface area contributed by atoms with Crippen molar-refractivity contribution in [2.24, 2.45) is 0 Å². The number of nitrogens with zero attached hydrogens (tertiary/aromatic N) is 2. The van der Waals surface area contributed by atoms with E-state index < -0.39 is 5.97 Å². The van der Waals surface area contributed by atoms with Gasteiger partial charge in [0.15, 0.2) is 5.82 Å². The molecule has 2 rings (SSSR count). The molecule has 1 heterocycles. The minimum atomic E-state index is -0.392. The molecule has 0 aliphatic rings. The smallest absolute Gasteiger partial charge is 0.308 e. The van der Waals surface area contributed by atoms with Gasteiger partial charge in [0.25, 0.3) is 0 Å². The van der Waals surface area contributed by atoms with Crippen molar-refractivity contribution in [2.75, 3.05) is 7.11 Å². The van der Waals surface area contributed by atoms with Gasteiger partial charge in [-0.3, -0.25) is 4.79 Å². The summed E-state index contributed by atoms with van der Waals surface area (Å²) >= 11 is 0. The number of benzene rings is 1. The second kappa shape index (κ2) is 5.69. The Labute approximate surface area is 117 Å². The van der Waals surface area contributed by atoms with Gasteiger partial charge in [-0.1, -0.05) is 0 Å². The molecule has 1 aromatic carbocycles. The summed E-state index contributed by atoms with van der Waals surface area (Å²) in [5.41, 5.74) is 2.37. The number of carbonyl (C=O) groups is 1. The fourth-order valence-electron chi connectivity index (χ4n) is 2.14. The number of carbonyl (C=O) groups excluding carboxylic acids is 1. The molecular formula is C15H16N2O3. The second-order valence-electron chi connectivity index (χ2n) is 4.39. The number of rotatable bonds is 3. The van der Waals surface area contributed by atoms with Gasteiger partial charge >= 0.3 is 5.97 Å². The molecule has 1 aromatic heterocycles. The highest BCUT2D eigenvalue weighted by atomic mass is 16.5. The lowest BCUT2D eigenvalue weighted by molar-refractivity contribution is -0.131. The average Bonchev–Trinajstić information content (AvgIpc) is 2.43. The summed E-state index contributed by atoms with van der Waals surface area (Å²) in [7, 11) is 1.59. The molecule has 104 valence electrons. The zero-order chi connectivity index (χ0) is 14.7. The number of aromatic nitrogens is 2. The predicted molar refractivity (Wildman–Crippen MR) is 74.8 cm³/mol. The van der Waals surface area contributed by atoms with Crippen molar-refractivity contribution in [3.05, 3.63) is 35.7 Å². The summed E-state index contributed by atoms with van der Waals surface area (Å²) in [5.74, 6) is 1.25. The molecule has 0 unspecified atom stereocenters. The SMILES string of the molecule is COc1c(C)cc(-c2ncccn2)c(OC(C)=O)c1C. The van der Waals surface area contributed by atoms with Crippen molar-refractivity contribution in [3.63, 3.8) is 0 Å². The third kappa shape index (κ3) is 2.61. The van der Waals surface area contributed by atoms with E-state index in [1.54, 1.807) is 25.6 Å². The molecule has 0 spiro atoms. The quantitative estimate of drug-likeness (QED) is 0.635. The van der Waals surface area contributed by atoms with Crippen molar-refractivity contribution < 1.29 is 14.3 Å². The lowest BCUT2D eigenvalue weighted by atomic mass is 10.0. The van der Waals surface area contributed by atoms with Gasteiger partial charge < -0.3 is 9.47 Å². The summed E-state index contributed by atoms with van der Waals surface area (Å²) < 4.78 is 10.7. The van der Waals surface area contributed by atoms with Crippen LogP contribution >= 0.6 is 0 Å². The molecule has 5 heteroatoms. The molecule has 0 saturated heterocycles. The molecule has 0 atom stereocenters. The highest BCUT2D eigenvalue weighted by Gasteiger charge is 2.19. The van der Waals surface area contributed by atoms with Crippen LogP contribution in [0.1, 0.15) is 18.1 Å². The van der Waals surface area contributed by atoms with Crippen molar-refractivity contribution in [2.45, 2.75) is 20.8 Å². The molecule has 0 radical (unpaired) electrons. The van der Waals surface area contributed by atoms with E-state index in [1.165, 1.54) is 6.92 Å². The van der Waals surface area contributed by atoms with Crippen LogP contribution in [0.5, 0.6) is 11.5 Å². The minimum absolute atomic E-state index is 0.392. The molecule has 2 aromatic rings. The normalized spacial score (nSPS) is 10.2. The van der Waals surface area contributed by atoms with Gasteiger partial charge in [-0.2, -0.15) is 0 Å². The first kappa shape index (κ1) is 14.0. The average molecular weight is 272 g/mol. The third-order valence-electron chi connectivity index (χ3n) is 2.90. The Bertz CT molecular complexity index is 639. The van der Waals surface area contributed by atoms with E-state index in [1.807, 2.05) is 19.9 Å². The molecule has 0 N–H and O–H groups in total. The number of methoxy groups -OCH3 is 1. The van der Waals surface area contributed by atoms with Crippen LogP contribution in [-0.4, -0.2) is 23.0 Å². The molecule has 0 fully saturated rings. The number of hydrogen-bond acceptors (Lipinski definition) is 5. The first-order valence-electron chi connectivity index (χ1n) is 6.18. The number of aryl methyl sites for hydroxylation is 1. The van der Waals surface area contributed by atoms with Gasteiger partial charge in [0.05, 0.1) is 12.7 Å². The fraction of sp³-hybridized carbons (Fsp3) is 0.267. The summed E-state index contributed by atoms with van der Waals surface area (Å²) in [6, 6.07) is 3.59. The molecule has 0 aliphatic carbocycles. The largest absolute Gasteiger partial charge is 0.496 e. The molecule has 0 amide bonds. The Morgan fingerprint density at radius 3 is 2.35 bits per heavy atom. The lowest BCUT2D eigenvalue weighted by Crippen LogP contribution is -2.07. The van der Waals surface area contributed by atoms with Crippen LogP contribution in [0.25, 0.3) is 11.4 Å². The van der Waals surface area contributed by atoms with E-state index >= 15 is 0 Å². The van der Waals surface area contributed by atoms with Crippen molar-refractivity contribution in [1.29, 1.82) is 0 Å². The van der Waals surface area contributed by atoms with E-state index in [0.29, 0.717) is 22.9 Å². The van der Waals surface area contributed by atoms with Crippen LogP contribution in [0, 0.1) is 13.8 Å². The zero-order valence-corrected chi connectivity index (χ0v) is 11.9. The monoisotopic (exact) mass is 272 g/mol. The lowest BCUT2D eigenvalue weighted by Gasteiger charge is -2.16. The standard InChI is InChI=1S/C15H16N2O3/c1-9-8-12(15-16-6-5-7-17-15)14(20-11(3)18)10(2)13(9)19-4/h5-8H,1-4H3. The molecule has 0 saturated carbocycles. The maximum atomic E-state index is 11.3. The van der Waals surface area contributed by atoms with Crippen LogP contribution in [0.15, 0.2) is 24.5 Å². The van der Waals surface area contributed by atoms with Gasteiger partial charge in [0.2, 0.25) is 0 Å². The Hall–Kier alpha value is -2.43. The first-order chi connectivity index (χ1) is 9.54. The zero-order valence-electron chi connectivity index (χ0n) is 11.9. The molecule has 20 heavy (non-hydrogen) atoms. The van der Waals surface area contributed by atoms with E-state index in [4.69, 9.17) is 9.47 Å². The predicted octanol–water partition coefficient (Wildman–Crippen LogP) is 2.69. The van der Waals surface area contributed by atoms with Gasteiger partial charge in [0.1, 0.15) is 11.5 Å². The molecular weight excluding hydrogens is 256 g/mol. The second-order valence-corrected chi connectivity index (χ2v) is 4.39. The Morgan fingerprint density at radius 2 is 1.80 bits per heavy atom. The fourth-order valence-corrected chi connectivity index (χ4v) is 2.14. The molecule has 5 nitrogen and oxygen atoms in total. The van der Waals surface area contributed by atoms with Crippen LogP contribution in [0.4, 0.5) is 0 Å². The van der Waals surface area contributed by atoms with Crippen LogP contribution in [0.2, 0.25) is 0 Å². The summed E-state index contributed by atoms with van der Waals surface area (Å²) in [4.78, 5) is 19.8. The third-order valence-corrected chi connectivity index (χ3v) is 2.90. The molecule has 0 aliphatic heterocycles. The summed E-state index contributed by atoms with van der Waals surface area (Å²) in [6.07, 6.45) is 3.30. The summed E-state index contributed by atoms with van der Waals surface area (Å²) in [5, 5.41) is 0. The first-order valence-corrected chi connectivity index (χ1v) is 6.18. The highest BCUT2D eigenvalue weighted by molar-refractivity contribution is 5.77. The van der Waals surface area contributed by atoms with Crippen molar-refractivity contribution >= 4 is 5.97 Å². The maximum absolute atomic E-state index is 11.3. The van der Waals surface area contributed by atoms with E-state index in [-0.39, 0.29) is 0 Å². The number of ether oxygens (including phenoxy) is 2. The number of hydrogen-bond donors (Lipinski definition) is 0. The van der Waals surface area contributed by atoms with Crippen LogP contribution in [-0.2, 0) is 4.79 Å². The van der Waals surface area contributed by atoms with Gasteiger partial charge in [-0.25, -0.2) is 9.97 Å². The topological polar surface area (TPSA) is 61.3 Å². The van der Waals surface area contributed by atoms with Crippen LogP contribution < -0.4 is 9.47 Å². The van der Waals surface area contributed by atoms with Gasteiger partial charge in [0, 0.05) is 24.9 Å². The van der Waals surface area contributed by atoms with Gasteiger partial charge in [-0.15, -0.1) is 0 Å². The Morgan fingerprint density at radius 1 is 1.15 bits per heavy atom. The van der Waals surface area contributed by atoms with Gasteiger partial charge in [-0.05, 0) is 31.5 Å². The Kier molecular flexibility index (Phi) is 3.98. The minimum Gasteiger partial charge on any atom is -0.496 e. The van der Waals surface area contributed by atoms with Crippen molar-refractivity contribution in [3.8, 4) is 22.9 Å². The van der Waals surface area contributed by atoms with Crippen molar-refractivity contribution in [1.82, 2.24) is 9.97 Å². The summed E-state index contributed by atoms with van der Waals surface area (Å²) in [6.45, 7) is 5.13. The van der Waals surface area contributed by atoms with Crippen LogP contribution in [0.3, 0.4) is 0 Å². The van der Waals surface area contributed by atoms with E-state index in [0.717, 1.165) is 11.1 Å². The maximum Gasteiger partial charge on any atom is 0.308 e. The number of esters is 1. The van der Waals surface area contributed by atoms with E-state index in [2.05, 4.69) is 9.97 Å². The Balaban J connectivity index is 2.69. The van der Waals surface area contributed by atoms with E-state index in [9.17, 15) is 4.79 Å². The highest BCUT2D eigenvalue weighted by Crippen LogP contribution is 2.39.